The molecule has 4 nitrogen and oxygen atoms in total. The highest BCUT2D eigenvalue weighted by molar-refractivity contribution is 5.85. The van der Waals surface area contributed by atoms with Gasteiger partial charge in [-0.3, -0.25) is 4.79 Å². The minimum atomic E-state index is -0.494. The molecule has 1 unspecified atom stereocenters. The lowest BCUT2D eigenvalue weighted by Gasteiger charge is -2.28. The van der Waals surface area contributed by atoms with Crippen molar-refractivity contribution < 1.29 is 9.21 Å². The monoisotopic (exact) mass is 296 g/mol. The van der Waals surface area contributed by atoms with E-state index < -0.39 is 6.04 Å². The Kier molecular flexibility index (Phi) is 5.60. The number of halogens is 1. The van der Waals surface area contributed by atoms with Crippen LogP contribution < -0.4 is 5.73 Å². The van der Waals surface area contributed by atoms with E-state index in [1.165, 1.54) is 0 Å². The van der Waals surface area contributed by atoms with Crippen molar-refractivity contribution in [1.82, 2.24) is 4.90 Å². The predicted molar refractivity (Wildman–Crippen MR) is 82.9 cm³/mol. The van der Waals surface area contributed by atoms with Crippen LogP contribution in [-0.2, 0) is 4.79 Å². The highest BCUT2D eigenvalue weighted by Gasteiger charge is 2.24. The molecule has 20 heavy (non-hydrogen) atoms. The van der Waals surface area contributed by atoms with Gasteiger partial charge >= 0.3 is 0 Å². The fourth-order valence-corrected chi connectivity index (χ4v) is 2.24. The van der Waals surface area contributed by atoms with Gasteiger partial charge in [-0.1, -0.05) is 18.2 Å². The third-order valence-corrected chi connectivity index (χ3v) is 3.34. The molecule has 2 N–H and O–H groups in total. The number of hydrogen-bond donors (Lipinski definition) is 1. The van der Waals surface area contributed by atoms with Crippen molar-refractivity contribution in [1.29, 1.82) is 0 Å². The Labute approximate surface area is 125 Å². The van der Waals surface area contributed by atoms with Gasteiger partial charge in [0.2, 0.25) is 5.91 Å². The van der Waals surface area contributed by atoms with Crippen LogP contribution in [0.25, 0.3) is 11.0 Å². The van der Waals surface area contributed by atoms with Gasteiger partial charge < -0.3 is 15.1 Å². The second kappa shape index (κ2) is 6.77. The molecule has 2 atom stereocenters. The summed E-state index contributed by atoms with van der Waals surface area (Å²) < 4.78 is 5.81. The van der Waals surface area contributed by atoms with E-state index in [1.807, 2.05) is 44.2 Å². The highest BCUT2D eigenvalue weighted by Crippen LogP contribution is 2.27. The lowest BCUT2D eigenvalue weighted by molar-refractivity contribution is -0.134. The number of hydrogen-bond acceptors (Lipinski definition) is 3. The number of likely N-dealkylation sites (N-methyl/N-ethyl adjacent to an activating group) is 1. The number of carbonyl (C=O) groups is 1. The summed E-state index contributed by atoms with van der Waals surface area (Å²) in [7, 11) is 0. The summed E-state index contributed by atoms with van der Waals surface area (Å²) in [5.74, 6) is 0.729. The molecule has 0 aliphatic carbocycles. The summed E-state index contributed by atoms with van der Waals surface area (Å²) in [6.07, 6.45) is 0. The molecule has 2 aromatic rings. The van der Waals surface area contributed by atoms with Crippen LogP contribution in [0.1, 0.15) is 32.6 Å². The average molecular weight is 297 g/mol. The first-order valence-corrected chi connectivity index (χ1v) is 6.59. The van der Waals surface area contributed by atoms with Gasteiger partial charge in [-0.05, 0) is 32.9 Å². The Morgan fingerprint density at radius 2 is 2.00 bits per heavy atom. The zero-order valence-electron chi connectivity index (χ0n) is 12.0. The highest BCUT2D eigenvalue weighted by atomic mass is 35.5. The lowest BCUT2D eigenvalue weighted by atomic mass is 10.1. The van der Waals surface area contributed by atoms with Gasteiger partial charge in [0.05, 0.1) is 12.1 Å². The maximum Gasteiger partial charge on any atom is 0.239 e. The maximum absolute atomic E-state index is 12.1. The molecule has 0 saturated heterocycles. The largest absolute Gasteiger partial charge is 0.459 e. The summed E-state index contributed by atoms with van der Waals surface area (Å²) in [5.41, 5.74) is 6.52. The number of rotatable bonds is 4. The molecule has 0 bridgehead atoms. The van der Waals surface area contributed by atoms with Crippen molar-refractivity contribution in [2.45, 2.75) is 32.9 Å². The van der Waals surface area contributed by atoms with E-state index in [9.17, 15) is 4.79 Å². The molecule has 110 valence electrons. The fourth-order valence-electron chi connectivity index (χ4n) is 2.24. The van der Waals surface area contributed by atoms with E-state index in [4.69, 9.17) is 10.2 Å². The molecule has 5 heteroatoms. The molecular weight excluding hydrogens is 276 g/mol. The third kappa shape index (κ3) is 3.14. The Balaban J connectivity index is 0.00000200. The second-order valence-corrected chi connectivity index (χ2v) is 4.78. The third-order valence-electron chi connectivity index (χ3n) is 3.34. The number of nitrogens with two attached hydrogens (primary N) is 1. The van der Waals surface area contributed by atoms with Crippen LogP contribution in [0.3, 0.4) is 0 Å². The van der Waals surface area contributed by atoms with Crippen LogP contribution in [0.5, 0.6) is 0 Å². The van der Waals surface area contributed by atoms with E-state index in [0.29, 0.717) is 6.54 Å². The van der Waals surface area contributed by atoms with Crippen molar-refractivity contribution in [3.05, 3.63) is 36.1 Å². The van der Waals surface area contributed by atoms with Gasteiger partial charge in [-0.25, -0.2) is 0 Å². The van der Waals surface area contributed by atoms with E-state index in [-0.39, 0.29) is 24.4 Å². The number of amides is 1. The average Bonchev–Trinajstić information content (AvgIpc) is 2.82. The van der Waals surface area contributed by atoms with Crippen molar-refractivity contribution in [3.8, 4) is 0 Å². The number of nitrogens with zero attached hydrogens (tertiary/aromatic N) is 1. The molecule has 1 amide bonds. The Hall–Kier alpha value is -1.52. The molecule has 0 aliphatic rings. The Morgan fingerprint density at radius 1 is 1.35 bits per heavy atom. The van der Waals surface area contributed by atoms with E-state index in [2.05, 4.69) is 0 Å². The Bertz CT molecular complexity index is 547. The van der Waals surface area contributed by atoms with E-state index in [0.717, 1.165) is 16.7 Å². The topological polar surface area (TPSA) is 59.5 Å². The van der Waals surface area contributed by atoms with Crippen LogP contribution in [0.15, 0.2) is 34.7 Å². The van der Waals surface area contributed by atoms with Crippen LogP contribution in [-0.4, -0.2) is 23.4 Å². The van der Waals surface area contributed by atoms with Gasteiger partial charge in [0.25, 0.3) is 0 Å². The van der Waals surface area contributed by atoms with Gasteiger partial charge in [0, 0.05) is 11.9 Å². The summed E-state index contributed by atoms with van der Waals surface area (Å²) in [5, 5.41) is 1.05. The van der Waals surface area contributed by atoms with Crippen molar-refractivity contribution in [2.75, 3.05) is 6.54 Å². The van der Waals surface area contributed by atoms with Crippen LogP contribution in [0.4, 0.5) is 0 Å². The van der Waals surface area contributed by atoms with Crippen LogP contribution in [0, 0.1) is 0 Å². The number of furan rings is 1. The smallest absolute Gasteiger partial charge is 0.239 e. The molecule has 1 heterocycles. The second-order valence-electron chi connectivity index (χ2n) is 4.78. The molecule has 2 rings (SSSR count). The molecular formula is C15H21ClN2O2. The number of para-hydroxylation sites is 1. The first-order chi connectivity index (χ1) is 9.04. The molecule has 0 saturated carbocycles. The SMILES string of the molecule is CCN(C(=O)[C@H](C)N)C(C)c1cc2ccccc2o1.Cl. The summed E-state index contributed by atoms with van der Waals surface area (Å²) in [6.45, 7) is 6.22. The molecule has 1 aromatic heterocycles. The summed E-state index contributed by atoms with van der Waals surface area (Å²) in [4.78, 5) is 13.8. The summed E-state index contributed by atoms with van der Waals surface area (Å²) in [6, 6.07) is 9.20. The Morgan fingerprint density at radius 3 is 2.55 bits per heavy atom. The van der Waals surface area contributed by atoms with E-state index >= 15 is 0 Å². The van der Waals surface area contributed by atoms with Gasteiger partial charge in [0.15, 0.2) is 0 Å². The molecule has 0 fully saturated rings. The molecule has 1 aromatic carbocycles. The molecule has 0 aliphatic heterocycles. The fraction of sp³-hybridized carbons (Fsp3) is 0.400. The van der Waals surface area contributed by atoms with Crippen molar-refractivity contribution in [3.63, 3.8) is 0 Å². The predicted octanol–water partition coefficient (Wildman–Crippen LogP) is 3.11. The number of benzene rings is 1. The van der Waals surface area contributed by atoms with Gasteiger partial charge in [-0.2, -0.15) is 0 Å². The van der Waals surface area contributed by atoms with Crippen LogP contribution in [0.2, 0.25) is 0 Å². The summed E-state index contributed by atoms with van der Waals surface area (Å²) >= 11 is 0. The molecule has 0 spiro atoms. The first kappa shape index (κ1) is 16.5. The molecule has 0 radical (unpaired) electrons. The van der Waals surface area contributed by atoms with Crippen molar-refractivity contribution >= 4 is 29.3 Å². The number of fused-ring (bicyclic) bond motifs is 1. The minimum Gasteiger partial charge on any atom is -0.459 e. The van der Waals surface area contributed by atoms with Gasteiger partial charge in [-0.15, -0.1) is 12.4 Å². The lowest BCUT2D eigenvalue weighted by Crippen LogP contribution is -2.43. The maximum atomic E-state index is 12.1. The van der Waals surface area contributed by atoms with Crippen LogP contribution >= 0.6 is 12.4 Å². The quantitative estimate of drug-likeness (QED) is 0.943. The van der Waals surface area contributed by atoms with Crippen molar-refractivity contribution in [2.24, 2.45) is 5.73 Å². The zero-order chi connectivity index (χ0) is 14.0. The zero-order valence-corrected chi connectivity index (χ0v) is 12.8. The number of carbonyl (C=O) groups excluding carboxylic acids is 1. The first-order valence-electron chi connectivity index (χ1n) is 6.59. The normalized spacial score (nSPS) is 13.6. The minimum absolute atomic E-state index is 0. The van der Waals surface area contributed by atoms with Gasteiger partial charge in [0.1, 0.15) is 11.3 Å². The van der Waals surface area contributed by atoms with E-state index in [1.54, 1.807) is 11.8 Å². The standard InChI is InChI=1S/C15H20N2O2.ClH/c1-4-17(15(18)10(2)16)11(3)14-9-12-7-5-6-8-13(12)19-14;/h5-11H,4,16H2,1-3H3;1H/t10-,11?;/m0./s1.